The summed E-state index contributed by atoms with van der Waals surface area (Å²) in [4.78, 5) is 0. The van der Waals surface area contributed by atoms with E-state index in [-0.39, 0.29) is 145 Å². The lowest BCUT2D eigenvalue weighted by atomic mass is 9.77. The van der Waals surface area contributed by atoms with E-state index >= 15 is 0 Å². The van der Waals surface area contributed by atoms with Gasteiger partial charge >= 0.3 is 0 Å². The fraction of sp³-hybridized carbons (Fsp3) is 0.278. The molecule has 0 spiro atoms. The number of para-hydroxylation sites is 3. The van der Waals surface area contributed by atoms with Gasteiger partial charge in [-0.15, -0.1) is 0 Å². The normalized spacial score (nSPS) is 13.7. The molecule has 1 aromatic heterocycles. The Balaban J connectivity index is 0.000000182. The second-order valence-electron chi connectivity index (χ2n) is 42.4. The zero-order chi connectivity index (χ0) is 114. The van der Waals surface area contributed by atoms with Crippen molar-refractivity contribution >= 4 is 21.8 Å². The molecule has 0 fully saturated rings. The molecule has 16 aromatic carbocycles. The van der Waals surface area contributed by atoms with Gasteiger partial charge in [0.25, 0.3) is 0 Å². The lowest BCUT2D eigenvalue weighted by Gasteiger charge is -2.27. The maximum absolute atomic E-state index is 8.52. The Labute approximate surface area is 836 Å². The third-order valence-corrected chi connectivity index (χ3v) is 23.0. The number of rotatable bonds is 8. The van der Waals surface area contributed by atoms with E-state index in [0.29, 0.717) is 38.8 Å². The summed E-state index contributed by atoms with van der Waals surface area (Å²) >= 11 is 0. The molecule has 0 saturated heterocycles. The van der Waals surface area contributed by atoms with Gasteiger partial charge in [0, 0.05) is 17.8 Å². The number of hydrogen-bond donors (Lipinski definition) is 0. The molecule has 0 atom stereocenters. The highest BCUT2D eigenvalue weighted by molar-refractivity contribution is 6.09. The maximum Gasteiger partial charge on any atom is 0.0629 e. The van der Waals surface area contributed by atoms with E-state index in [2.05, 4.69) is 363 Å². The zero-order valence-corrected chi connectivity index (χ0v) is 84.8. The van der Waals surface area contributed by atoms with Crippen molar-refractivity contribution in [2.45, 2.75) is 243 Å². The van der Waals surface area contributed by atoms with Crippen molar-refractivity contribution in [2.24, 2.45) is 0 Å². The first-order valence-corrected chi connectivity index (χ1v) is 46.8. The van der Waals surface area contributed by atoms with E-state index in [1.54, 1.807) is 25.1 Å². The quantitative estimate of drug-likeness (QED) is 0.143. The molecule has 17 rings (SSSR count). The first-order valence-electron chi connectivity index (χ1n) is 56.3. The van der Waals surface area contributed by atoms with Crippen LogP contribution in [-0.2, 0) is 43.3 Å². The average Bonchev–Trinajstić information content (AvgIpc) is 1.48. The van der Waals surface area contributed by atoms with Gasteiger partial charge in [0.2, 0.25) is 0 Å². The fourth-order valence-electron chi connectivity index (χ4n) is 16.6. The van der Waals surface area contributed by atoms with E-state index in [4.69, 9.17) is 26.0 Å². The maximum atomic E-state index is 8.52. The molecule has 1 heteroatoms. The van der Waals surface area contributed by atoms with Gasteiger partial charge in [-0.25, -0.2) is 0 Å². The Hall–Kier alpha value is -12.7. The molecule has 0 unspecified atom stereocenters. The minimum absolute atomic E-state index is 0.0464. The molecule has 1 nitrogen and oxygen atoms in total. The molecule has 690 valence electrons. The third kappa shape index (κ3) is 28.4. The number of benzene rings is 16. The SMILES string of the molecule is CC(C)(C)c1c(-c2ccccc2)cccc1-c1ccccc1.CC(C)(C)c1ccccc1.CC(C)(C)c1ccccc1-c1ccccc1.CC(C)(C)c1ccccc1-n1c2ccccc2c2ccccc21.[2H]C(C)(C)c1ccccc1C(C)(C)C.[2H]c1c([2H])c([2H])c(-c2cccc(-c3c([2H])c([2H])c(C)c([2H])c3[2H])c2C(C)(C)C)c([2H])c1[2H].[2H]c1c([2H])c([2H])c(-c2ccccc2C(C)(C)C)c([2H])c1[2H].[2H]c1c([2H])c([2H])c(C(C)(C)C)c(C)c1[2H]. The van der Waals surface area contributed by atoms with E-state index in [0.717, 1.165) is 11.1 Å². The largest absolute Gasteiger partial charge is 0.309 e. The van der Waals surface area contributed by atoms with Gasteiger partial charge < -0.3 is 4.57 Å². The monoisotopic (exact) mass is 1780 g/mol. The number of aromatic nitrogens is 1. The molecular formula is C133H153N. The van der Waals surface area contributed by atoms with Crippen LogP contribution < -0.4 is 0 Å². The lowest BCUT2D eigenvalue weighted by Crippen LogP contribution is -2.15. The second-order valence-corrected chi connectivity index (χ2v) is 42.4. The van der Waals surface area contributed by atoms with Crippen LogP contribution in [0.5, 0.6) is 0 Å². The highest BCUT2D eigenvalue weighted by atomic mass is 15.0. The van der Waals surface area contributed by atoms with Crippen molar-refractivity contribution in [1.82, 2.24) is 4.57 Å². The van der Waals surface area contributed by atoms with E-state index in [1.165, 1.54) is 95.6 Å². The molecule has 17 aromatic rings. The first-order chi connectivity index (χ1) is 71.1. The van der Waals surface area contributed by atoms with Gasteiger partial charge in [-0.2, -0.15) is 0 Å². The number of fused-ring (bicyclic) bond motifs is 3. The predicted molar refractivity (Wildman–Crippen MR) is 592 cm³/mol. The highest BCUT2D eigenvalue weighted by Gasteiger charge is 2.28. The third-order valence-electron chi connectivity index (χ3n) is 23.0. The minimum atomic E-state index is -0.608. The summed E-state index contributed by atoms with van der Waals surface area (Å²) < 4.78 is 155. The molecular weight excluding hydrogens is 1610 g/mol. The predicted octanol–water partition coefficient (Wildman–Crippen LogP) is 38.7. The highest BCUT2D eigenvalue weighted by Crippen LogP contribution is 2.44. The van der Waals surface area contributed by atoms with Gasteiger partial charge in [0.15, 0.2) is 0 Å². The van der Waals surface area contributed by atoms with E-state index < -0.39 is 29.4 Å². The van der Waals surface area contributed by atoms with Crippen molar-refractivity contribution in [2.75, 3.05) is 0 Å². The zero-order valence-electron chi connectivity index (χ0n) is 104. The molecule has 0 N–H and O–H groups in total. The Morgan fingerprint density at radius 1 is 0.224 bits per heavy atom. The van der Waals surface area contributed by atoms with Crippen molar-refractivity contribution in [3.05, 3.63) is 473 Å². The Morgan fingerprint density at radius 3 is 0.888 bits per heavy atom. The van der Waals surface area contributed by atoms with E-state index in [9.17, 15) is 0 Å². The van der Waals surface area contributed by atoms with Crippen molar-refractivity contribution < 1.29 is 26.0 Å². The standard InChI is InChI=1S/C23H24.C22H21N.C22H22.2C16H18.C13H20.C11H16.C10H14/c1-17-13-15-19(16-14-17)21-12-8-11-20(22(21)23(2,3)4)18-9-6-5-7-10-18;1-22(2,3)18-12-6-9-15-21(18)23-19-13-7-4-10-16(19)17-11-5-8-14-20(17)23;1-22(2,3)21-19(17-11-6-4-7-12-17)15-10-16-20(21)18-13-8-5-9-14-18;2*1-16(2,3)15-12-8-7-11-14(15)13-9-5-4-6-10-13;1-10(2)11-8-6-7-9-12(11)13(3,4)5;1-9-7-5-6-8-10(9)11(2,3)4;1-10(2,3)9-7-5-4-6-8-9/h5-16H,1-4H3;4-15H,1-3H3;4-16H,1-3H3;2*4-12H,1-3H3;6-10H,1-5H3;5-8H,1-4H3;4-8H,1-3H3/i5D,6D,7D,9D,10D,13D,14D,15D,16D;;;4D,5D,6D,9D,10D;;10D;5D,6D,7D,8D;. The van der Waals surface area contributed by atoms with Crippen LogP contribution in [0.25, 0.3) is 94.3 Å². The van der Waals surface area contributed by atoms with Crippen LogP contribution in [-0.4, -0.2) is 4.57 Å². The summed E-state index contributed by atoms with van der Waals surface area (Å²) in [5.41, 5.74) is 24.5. The van der Waals surface area contributed by atoms with Crippen LogP contribution in [0.4, 0.5) is 0 Å². The molecule has 0 aliphatic rings. The molecule has 0 saturated carbocycles. The van der Waals surface area contributed by atoms with Crippen LogP contribution in [0.3, 0.4) is 0 Å². The average molecular weight is 1780 g/mol. The summed E-state index contributed by atoms with van der Waals surface area (Å²) in [6.07, 6.45) is 0. The minimum Gasteiger partial charge on any atom is -0.309 e. The summed E-state index contributed by atoms with van der Waals surface area (Å²) in [7, 11) is 0. The molecule has 0 amide bonds. The first kappa shape index (κ1) is 78.8. The van der Waals surface area contributed by atoms with Crippen LogP contribution in [0.1, 0.15) is 273 Å². The molecule has 0 aliphatic carbocycles. The summed E-state index contributed by atoms with van der Waals surface area (Å²) in [6, 6.07) is 101. The number of nitrogens with zero attached hydrogens (tertiary/aromatic N) is 1. The van der Waals surface area contributed by atoms with Crippen LogP contribution in [0.15, 0.2) is 412 Å². The molecule has 134 heavy (non-hydrogen) atoms. The molecule has 0 radical (unpaired) electrons. The molecule has 1 heterocycles. The van der Waals surface area contributed by atoms with Gasteiger partial charge in [0.1, 0.15) is 0 Å². The summed E-state index contributed by atoms with van der Waals surface area (Å²) in [6.45, 7) is 58.6. The van der Waals surface area contributed by atoms with Crippen LogP contribution >= 0.6 is 0 Å². The van der Waals surface area contributed by atoms with Crippen molar-refractivity contribution in [1.29, 1.82) is 0 Å². The lowest BCUT2D eigenvalue weighted by molar-refractivity contribution is 0.577. The van der Waals surface area contributed by atoms with Gasteiger partial charge in [-0.05, 0) is 204 Å². The Bertz CT molecular complexity index is 7360. The van der Waals surface area contributed by atoms with E-state index in [1.807, 2.05) is 106 Å². The smallest absolute Gasteiger partial charge is 0.0629 e. The van der Waals surface area contributed by atoms with Crippen molar-refractivity contribution in [3.8, 4) is 72.4 Å². The summed E-state index contributed by atoms with van der Waals surface area (Å²) in [5, 5.41) is 2.62. The molecule has 0 aliphatic heterocycles. The van der Waals surface area contributed by atoms with Gasteiger partial charge in [0.05, 0.1) is 35.7 Å². The van der Waals surface area contributed by atoms with Crippen LogP contribution in [0.2, 0.25) is 0 Å². The van der Waals surface area contributed by atoms with Gasteiger partial charge in [-0.1, -0.05) is 579 Å². The number of hydrogen-bond acceptors (Lipinski definition) is 0. The van der Waals surface area contributed by atoms with Crippen molar-refractivity contribution in [3.63, 3.8) is 0 Å². The Morgan fingerprint density at radius 2 is 0.515 bits per heavy atom. The summed E-state index contributed by atoms with van der Waals surface area (Å²) in [5.74, 6) is -0.510. The Kier molecular flexibility index (Phi) is 26.9. The topological polar surface area (TPSA) is 4.93 Å². The van der Waals surface area contributed by atoms with Crippen LogP contribution in [0, 0.1) is 13.8 Å². The fourth-order valence-corrected chi connectivity index (χ4v) is 16.6. The second kappa shape index (κ2) is 45.8. The molecule has 0 bridgehead atoms. The van der Waals surface area contributed by atoms with Gasteiger partial charge in [-0.3, -0.25) is 0 Å².